The van der Waals surface area contributed by atoms with E-state index in [1.807, 2.05) is 41.5 Å². The molecule has 5 heteroatoms. The van der Waals surface area contributed by atoms with Gasteiger partial charge < -0.3 is 0 Å². The monoisotopic (exact) mass is 262 g/mol. The second-order valence-corrected chi connectivity index (χ2v) is 6.67. The van der Waals surface area contributed by atoms with E-state index in [-0.39, 0.29) is 17.3 Å². The fraction of sp³-hybridized carbons (Fsp3) is 0.571. The lowest BCUT2D eigenvalue weighted by Gasteiger charge is -2.28. The molecule has 1 N–H and O–H groups in total. The Hall–Kier alpha value is -1.87. The van der Waals surface area contributed by atoms with E-state index in [1.54, 1.807) is 0 Å². The number of ketones is 2. The van der Waals surface area contributed by atoms with Gasteiger partial charge in [-0.2, -0.15) is 0 Å². The molecule has 0 atom stereocenters. The Morgan fingerprint density at radius 1 is 1.05 bits per heavy atom. The Kier molecular flexibility index (Phi) is 3.73. The van der Waals surface area contributed by atoms with Crippen LogP contribution in [0.3, 0.4) is 0 Å². The maximum atomic E-state index is 12.4. The van der Waals surface area contributed by atoms with Crippen molar-refractivity contribution in [1.29, 1.82) is 5.53 Å². The van der Waals surface area contributed by atoms with E-state index < -0.39 is 10.8 Å². The van der Waals surface area contributed by atoms with Crippen LogP contribution in [-0.4, -0.2) is 11.6 Å². The predicted octanol–water partition coefficient (Wildman–Crippen LogP) is 2.96. The molecule has 0 saturated heterocycles. The molecule has 0 aromatic rings. The SMILES string of the molecule is CC(C)(C)C1=CC(=O)C(C(C)(C)C)=C(N=[N+]=N)C1=O. The van der Waals surface area contributed by atoms with Gasteiger partial charge >= 0.3 is 0 Å². The van der Waals surface area contributed by atoms with Gasteiger partial charge in [-0.25, -0.2) is 0 Å². The summed E-state index contributed by atoms with van der Waals surface area (Å²) in [4.78, 5) is 27.7. The molecule has 0 bridgehead atoms. The molecule has 1 aliphatic carbocycles. The van der Waals surface area contributed by atoms with Crippen molar-refractivity contribution >= 4 is 11.6 Å². The highest BCUT2D eigenvalue weighted by Crippen LogP contribution is 2.38. The molecule has 0 radical (unpaired) electrons. The summed E-state index contributed by atoms with van der Waals surface area (Å²) < 4.78 is 0. The molecule has 1 aliphatic rings. The summed E-state index contributed by atoms with van der Waals surface area (Å²) in [5.41, 5.74) is 6.62. The third kappa shape index (κ3) is 2.93. The van der Waals surface area contributed by atoms with Crippen LogP contribution in [0, 0.1) is 16.4 Å². The lowest BCUT2D eigenvalue weighted by Crippen LogP contribution is -2.30. The van der Waals surface area contributed by atoms with Crippen LogP contribution in [0.15, 0.2) is 28.0 Å². The number of rotatable bonds is 1. The van der Waals surface area contributed by atoms with E-state index in [2.05, 4.69) is 10.0 Å². The lowest BCUT2D eigenvalue weighted by atomic mass is 9.73. The molecule has 0 spiro atoms. The highest BCUT2D eigenvalue weighted by Gasteiger charge is 2.40. The Bertz CT molecular complexity index is 548. The molecule has 0 aromatic carbocycles. The van der Waals surface area contributed by atoms with Gasteiger partial charge in [-0.15, -0.1) is 0 Å². The zero-order chi connectivity index (χ0) is 15.0. The molecule has 0 aromatic heterocycles. The van der Waals surface area contributed by atoms with Crippen molar-refractivity contribution in [3.8, 4) is 0 Å². The number of carbonyl (C=O) groups is 2. The fourth-order valence-corrected chi connectivity index (χ4v) is 2.05. The van der Waals surface area contributed by atoms with Crippen LogP contribution in [0.1, 0.15) is 41.5 Å². The van der Waals surface area contributed by atoms with E-state index in [0.717, 1.165) is 0 Å². The third-order valence-electron chi connectivity index (χ3n) is 2.93. The Morgan fingerprint density at radius 2 is 1.58 bits per heavy atom. The van der Waals surface area contributed by atoms with Crippen LogP contribution in [0.25, 0.3) is 0 Å². The summed E-state index contributed by atoms with van der Waals surface area (Å²) in [6.45, 7) is 11.1. The van der Waals surface area contributed by atoms with Gasteiger partial charge in [-0.1, -0.05) is 41.5 Å². The second kappa shape index (κ2) is 4.67. The second-order valence-electron chi connectivity index (χ2n) is 6.67. The summed E-state index contributed by atoms with van der Waals surface area (Å²) >= 11 is 0. The molecule has 0 fully saturated rings. The number of Topliss-reactive ketones (excluding diaryl/α,β-unsaturated/α-hetero) is 1. The number of carbonyl (C=O) groups excluding carboxylic acids is 2. The lowest BCUT2D eigenvalue weighted by molar-refractivity contribution is -0.117. The summed E-state index contributed by atoms with van der Waals surface area (Å²) in [5, 5.41) is 3.59. The van der Waals surface area contributed by atoms with Crippen molar-refractivity contribution in [2.45, 2.75) is 41.5 Å². The van der Waals surface area contributed by atoms with Crippen LogP contribution in [-0.2, 0) is 9.59 Å². The largest absolute Gasteiger partial charge is 0.290 e. The first-order valence-electron chi connectivity index (χ1n) is 6.13. The van der Waals surface area contributed by atoms with Crippen molar-refractivity contribution in [3.05, 3.63) is 22.9 Å². The van der Waals surface area contributed by atoms with Gasteiger partial charge in [0.25, 0.3) is 0 Å². The summed E-state index contributed by atoms with van der Waals surface area (Å²) in [7, 11) is 0. The molecular formula is C14H20N3O2+. The normalized spacial score (nSPS) is 17.3. The van der Waals surface area contributed by atoms with Gasteiger partial charge in [-0.3, -0.25) is 9.59 Å². The minimum atomic E-state index is -0.518. The fourth-order valence-electron chi connectivity index (χ4n) is 2.05. The quantitative estimate of drug-likeness (QED) is 0.447. The van der Waals surface area contributed by atoms with Gasteiger partial charge in [0.15, 0.2) is 10.9 Å². The highest BCUT2D eigenvalue weighted by atomic mass is 16.1. The topological polar surface area (TPSA) is 84.4 Å². The number of nitrogens with one attached hydrogen (secondary N) is 1. The van der Waals surface area contributed by atoms with Gasteiger partial charge in [0.2, 0.25) is 16.4 Å². The van der Waals surface area contributed by atoms with E-state index >= 15 is 0 Å². The van der Waals surface area contributed by atoms with Crippen molar-refractivity contribution < 1.29 is 9.59 Å². The van der Waals surface area contributed by atoms with Crippen LogP contribution >= 0.6 is 0 Å². The number of hydrogen-bond donors (Lipinski definition) is 1. The van der Waals surface area contributed by atoms with Gasteiger partial charge in [-0.05, 0) is 16.9 Å². The molecule has 0 amide bonds. The summed E-state index contributed by atoms with van der Waals surface area (Å²) in [5.74, 6) is -0.535. The van der Waals surface area contributed by atoms with Gasteiger partial charge in [0.1, 0.15) is 5.53 Å². The summed E-state index contributed by atoms with van der Waals surface area (Å²) in [6.07, 6.45) is 1.39. The van der Waals surface area contributed by atoms with Crippen molar-refractivity contribution in [3.63, 3.8) is 0 Å². The highest BCUT2D eigenvalue weighted by molar-refractivity contribution is 6.23. The minimum absolute atomic E-state index is 0.0000694. The number of nitrogens with zero attached hydrogens (tertiary/aromatic N) is 2. The standard InChI is InChI=1S/C14H20N3O2/c1-13(2,3)8-7-9(18)10(14(4,5)6)11(12(8)19)16-17-15/h7,15H,1-6H3/q+1. The average Bonchev–Trinajstić information content (AvgIpc) is 2.19. The van der Waals surface area contributed by atoms with Crippen LogP contribution < -0.4 is 4.91 Å². The molecular weight excluding hydrogens is 242 g/mol. The molecule has 1 rings (SSSR count). The van der Waals surface area contributed by atoms with Gasteiger partial charge in [0.05, 0.1) is 0 Å². The Labute approximate surface area is 113 Å². The zero-order valence-corrected chi connectivity index (χ0v) is 12.3. The Morgan fingerprint density at radius 3 is 1.95 bits per heavy atom. The van der Waals surface area contributed by atoms with Crippen LogP contribution in [0.2, 0.25) is 0 Å². The van der Waals surface area contributed by atoms with E-state index in [9.17, 15) is 9.59 Å². The van der Waals surface area contributed by atoms with Crippen LogP contribution in [0.5, 0.6) is 0 Å². The van der Waals surface area contributed by atoms with Crippen molar-refractivity contribution in [1.82, 2.24) is 4.91 Å². The number of hydrogen-bond acceptors (Lipinski definition) is 4. The van der Waals surface area contributed by atoms with Crippen molar-refractivity contribution in [2.75, 3.05) is 0 Å². The van der Waals surface area contributed by atoms with E-state index in [4.69, 9.17) is 5.53 Å². The van der Waals surface area contributed by atoms with E-state index in [0.29, 0.717) is 11.1 Å². The first-order valence-corrected chi connectivity index (χ1v) is 6.13. The van der Waals surface area contributed by atoms with E-state index in [1.165, 1.54) is 6.08 Å². The minimum Gasteiger partial charge on any atom is -0.290 e. The predicted molar refractivity (Wildman–Crippen MR) is 71.3 cm³/mol. The number of allylic oxidation sites excluding steroid dienone is 3. The smallest absolute Gasteiger partial charge is 0.220 e. The molecule has 0 heterocycles. The third-order valence-corrected chi connectivity index (χ3v) is 2.93. The molecule has 19 heavy (non-hydrogen) atoms. The summed E-state index contributed by atoms with van der Waals surface area (Å²) in [6, 6.07) is 0. The molecule has 0 saturated carbocycles. The van der Waals surface area contributed by atoms with Crippen molar-refractivity contribution in [2.24, 2.45) is 15.9 Å². The molecule has 0 aliphatic heterocycles. The average molecular weight is 262 g/mol. The van der Waals surface area contributed by atoms with Gasteiger partial charge in [0, 0.05) is 11.1 Å². The Balaban J connectivity index is 3.56. The molecule has 5 nitrogen and oxygen atoms in total. The van der Waals surface area contributed by atoms with Crippen LogP contribution in [0.4, 0.5) is 0 Å². The maximum absolute atomic E-state index is 12.4. The maximum Gasteiger partial charge on any atom is 0.220 e. The zero-order valence-electron chi connectivity index (χ0n) is 12.3. The first-order chi connectivity index (χ1) is 8.50. The molecule has 102 valence electrons. The molecule has 0 unspecified atom stereocenters. The first kappa shape index (κ1) is 15.2.